The molecule has 0 spiro atoms. The second-order valence-corrected chi connectivity index (χ2v) is 20.5. The maximum absolute atomic E-state index is 14.4. The van der Waals surface area contributed by atoms with Crippen molar-refractivity contribution in [3.05, 3.63) is 47.6 Å². The third-order valence-electron chi connectivity index (χ3n) is 14.5. The van der Waals surface area contributed by atoms with Crippen LogP contribution in [0.2, 0.25) is 0 Å². The fourth-order valence-electron chi connectivity index (χ4n) is 10.1. The summed E-state index contributed by atoms with van der Waals surface area (Å²) >= 11 is 0. The summed E-state index contributed by atoms with van der Waals surface area (Å²) in [6, 6.07) is -1.14. The van der Waals surface area contributed by atoms with Gasteiger partial charge >= 0.3 is 5.97 Å². The van der Waals surface area contributed by atoms with Gasteiger partial charge in [0, 0.05) is 58.5 Å². The van der Waals surface area contributed by atoms with Crippen LogP contribution in [0.25, 0.3) is 0 Å². The number of fused-ring (bicyclic) bond motifs is 3. The molecule has 15 atom stereocenters. The first kappa shape index (κ1) is 59.6. The van der Waals surface area contributed by atoms with Crippen molar-refractivity contribution < 1.29 is 67.8 Å². The minimum Gasteiger partial charge on any atom is -0.460 e. The number of amides is 1. The van der Waals surface area contributed by atoms with E-state index in [-0.39, 0.29) is 60.6 Å². The van der Waals surface area contributed by atoms with Gasteiger partial charge in [0.15, 0.2) is 5.78 Å². The lowest BCUT2D eigenvalue weighted by Crippen LogP contribution is -2.61. The number of methoxy groups -OCH3 is 3. The Hall–Kier alpha value is -3.70. The molecule has 0 unspecified atom stereocenters. The summed E-state index contributed by atoms with van der Waals surface area (Å²) in [5.41, 5.74) is 1.27. The van der Waals surface area contributed by atoms with Crippen molar-refractivity contribution in [1.29, 1.82) is 0 Å². The highest BCUT2D eigenvalue weighted by Gasteiger charge is 2.53. The first-order chi connectivity index (χ1) is 32.5. The number of hydrogen-bond acceptors (Lipinski definition) is 14. The third-order valence-corrected chi connectivity index (χ3v) is 14.5. The Morgan fingerprint density at radius 3 is 2.17 bits per heavy atom. The van der Waals surface area contributed by atoms with Crippen molar-refractivity contribution in [2.24, 2.45) is 35.5 Å². The molecule has 1 aliphatic carbocycles. The summed E-state index contributed by atoms with van der Waals surface area (Å²) in [6.45, 7) is 15.8. The molecule has 3 N–H and O–H groups in total. The van der Waals surface area contributed by atoms with E-state index >= 15 is 0 Å². The lowest BCUT2D eigenvalue weighted by Gasteiger charge is -2.42. The van der Waals surface area contributed by atoms with Gasteiger partial charge < -0.3 is 48.7 Å². The minimum absolute atomic E-state index is 0.0193. The number of nitrogens with zero attached hydrogens (tertiary/aromatic N) is 1. The van der Waals surface area contributed by atoms with Crippen LogP contribution in [0, 0.1) is 35.5 Å². The van der Waals surface area contributed by atoms with Crippen molar-refractivity contribution >= 4 is 35.0 Å². The number of ether oxygens (including phenoxy) is 5. The van der Waals surface area contributed by atoms with E-state index in [0.29, 0.717) is 63.4 Å². The second kappa shape index (κ2) is 28.4. The van der Waals surface area contributed by atoms with Crippen molar-refractivity contribution in [3.63, 3.8) is 0 Å². The van der Waals surface area contributed by atoms with Crippen LogP contribution in [-0.2, 0) is 52.5 Å². The topological polar surface area (TPSA) is 212 Å². The largest absolute Gasteiger partial charge is 0.460 e. The fraction of sp³-hybridized carbons (Fsp3) is 0.741. The van der Waals surface area contributed by atoms with E-state index < -0.39 is 83.9 Å². The van der Waals surface area contributed by atoms with Crippen LogP contribution < -0.4 is 0 Å². The van der Waals surface area contributed by atoms with Crippen LogP contribution in [0.4, 0.5) is 0 Å². The van der Waals surface area contributed by atoms with Gasteiger partial charge in [-0.05, 0) is 121 Å². The third kappa shape index (κ3) is 17.2. The zero-order valence-electron chi connectivity index (χ0n) is 43.5. The molecule has 3 fully saturated rings. The zero-order chi connectivity index (χ0) is 51.7. The number of cyclic esters (lactones) is 1. The summed E-state index contributed by atoms with van der Waals surface area (Å²) in [7, 11) is 4.52. The highest BCUT2D eigenvalue weighted by atomic mass is 16.6. The number of carbonyl (C=O) groups excluding carboxylic acids is 6. The smallest absolute Gasteiger partial charge is 0.329 e. The maximum Gasteiger partial charge on any atom is 0.329 e. The predicted octanol–water partition coefficient (Wildman–Crippen LogP) is 6.78. The van der Waals surface area contributed by atoms with E-state index in [1.165, 1.54) is 25.9 Å². The molecule has 0 aromatic rings. The summed E-state index contributed by atoms with van der Waals surface area (Å²) in [4.78, 5) is 81.2. The number of carbonyl (C=O) groups is 6. The molecular weight excluding hydrogens is 887 g/mol. The molecule has 15 heteroatoms. The number of hydrogen-bond donors (Lipinski definition) is 3. The number of rotatable bonds is 6. The Morgan fingerprint density at radius 1 is 0.855 bits per heavy atom. The highest BCUT2D eigenvalue weighted by Crippen LogP contribution is 2.38. The van der Waals surface area contributed by atoms with Gasteiger partial charge in [0.25, 0.3) is 11.7 Å². The molecular formula is C54H85NO14. The van der Waals surface area contributed by atoms with Crippen LogP contribution in [0.1, 0.15) is 139 Å². The summed E-state index contributed by atoms with van der Waals surface area (Å²) in [5, 5.41) is 33.8. The second-order valence-electron chi connectivity index (χ2n) is 20.5. The number of aliphatic hydroxyl groups is 3. The van der Waals surface area contributed by atoms with Crippen molar-refractivity contribution in [3.8, 4) is 0 Å². The van der Waals surface area contributed by atoms with Crippen LogP contribution in [0.15, 0.2) is 47.6 Å². The highest BCUT2D eigenvalue weighted by molar-refractivity contribution is 6.39. The summed E-state index contributed by atoms with van der Waals surface area (Å²) in [6.07, 6.45) is 11.2. The normalized spacial score (nSPS) is 37.2. The van der Waals surface area contributed by atoms with Crippen LogP contribution in [-0.4, -0.2) is 138 Å². The van der Waals surface area contributed by atoms with E-state index in [1.807, 2.05) is 58.1 Å². The van der Waals surface area contributed by atoms with Gasteiger partial charge in [0.2, 0.25) is 5.79 Å². The van der Waals surface area contributed by atoms with Gasteiger partial charge in [0.1, 0.15) is 35.9 Å². The van der Waals surface area contributed by atoms with Crippen molar-refractivity contribution in [2.75, 3.05) is 27.9 Å². The molecule has 69 heavy (non-hydrogen) atoms. The SMILES string of the molecule is CC(C)=O.CO[C@H]1C[C@@H]2CC[C@@H](C)[C@@](O)(O2)C(=O)C(=O)N2CCCC[C@H]2C(=O)O[C@H]([C@H](C)C[C@@H]2CC[C@@H](O)[C@H](OC)C2)CC(=O)[C@H](C)/C=C(\C)[C@@H](O)[C@@H](OC)C(=O)[C@H](C)C[C@H](C)/C=C/C=CC=C1C. The Morgan fingerprint density at radius 2 is 1.54 bits per heavy atom. The average Bonchev–Trinajstić information content (AvgIpc) is 3.30. The number of piperidine rings is 1. The first-order valence-electron chi connectivity index (χ1n) is 25.1. The summed E-state index contributed by atoms with van der Waals surface area (Å²) in [5.74, 6) is -7.79. The molecule has 390 valence electrons. The van der Waals surface area contributed by atoms with Crippen molar-refractivity contribution in [2.45, 2.75) is 194 Å². The Labute approximate surface area is 411 Å². The van der Waals surface area contributed by atoms with E-state index in [1.54, 1.807) is 41.1 Å². The molecule has 0 aromatic carbocycles. The number of ketones is 4. The van der Waals surface area contributed by atoms with Crippen LogP contribution in [0.3, 0.4) is 0 Å². The Bertz CT molecular complexity index is 1850. The number of aliphatic hydroxyl groups excluding tert-OH is 2. The van der Waals surface area contributed by atoms with Crippen LogP contribution in [0.5, 0.6) is 0 Å². The molecule has 4 aliphatic rings. The van der Waals surface area contributed by atoms with Gasteiger partial charge in [-0.25, -0.2) is 4.79 Å². The molecule has 15 nitrogen and oxygen atoms in total. The Kier molecular flexibility index (Phi) is 24.5. The average molecular weight is 972 g/mol. The molecule has 3 aliphatic heterocycles. The van der Waals surface area contributed by atoms with Gasteiger partial charge in [-0.2, -0.15) is 0 Å². The van der Waals surface area contributed by atoms with Gasteiger partial charge in [0.05, 0.1) is 24.4 Å². The van der Waals surface area contributed by atoms with Gasteiger partial charge in [-0.15, -0.1) is 0 Å². The van der Waals surface area contributed by atoms with E-state index in [2.05, 4.69) is 0 Å². The van der Waals surface area contributed by atoms with Crippen molar-refractivity contribution in [1.82, 2.24) is 4.90 Å². The quantitative estimate of drug-likeness (QED) is 0.142. The number of esters is 1. The van der Waals surface area contributed by atoms with Gasteiger partial charge in [-0.3, -0.25) is 19.2 Å². The van der Waals surface area contributed by atoms with Gasteiger partial charge in [-0.1, -0.05) is 71.1 Å². The lowest BCUT2D eigenvalue weighted by atomic mass is 9.78. The predicted molar refractivity (Wildman–Crippen MR) is 261 cm³/mol. The molecule has 0 radical (unpaired) electrons. The Balaban J connectivity index is 0.00000303. The fourth-order valence-corrected chi connectivity index (χ4v) is 10.1. The first-order valence-corrected chi connectivity index (χ1v) is 25.1. The van der Waals surface area contributed by atoms with Crippen LogP contribution >= 0.6 is 0 Å². The maximum atomic E-state index is 14.4. The standard InChI is InChI=1S/C51H79NO13.C3H6O/c1-30-16-12-11-13-17-31(2)42(61-8)28-38-21-19-36(7)51(60,65-38)48(57)49(58)52-23-15-14-18-39(52)50(59)64-43(33(4)26-37-20-22-40(53)44(27-37)62-9)29-41(54)32(3)25-35(6)46(56)47(63-10)45(55)34(5)24-30;1-3(2)4/h11-13,16-17,25,30,32-34,36-40,42-44,46-47,53,56,60H,14-15,18-24,26-29H2,1-10H3;1-2H3/b13-11?,16-12+,31-17?,35-25+;/t30-,32-,33-,34-,36-,37+,38+,39+,40-,42+,43+,44-,46-,47+,51-;/m1./s1. The molecule has 2 bridgehead atoms. The lowest BCUT2D eigenvalue weighted by molar-refractivity contribution is -0.265. The molecule has 1 saturated carbocycles. The van der Waals surface area contributed by atoms with E-state index in [0.717, 1.165) is 12.0 Å². The molecule has 4 rings (SSSR count). The zero-order valence-corrected chi connectivity index (χ0v) is 43.5. The molecule has 2 saturated heterocycles. The minimum atomic E-state index is -2.43. The number of Topliss-reactive ketones (excluding diaryl/α,β-unsaturated/α-hetero) is 4. The number of allylic oxidation sites excluding steroid dienone is 6. The monoisotopic (exact) mass is 972 g/mol. The van der Waals surface area contributed by atoms with E-state index in [4.69, 9.17) is 23.7 Å². The molecule has 0 aromatic heterocycles. The molecule has 3 heterocycles. The summed E-state index contributed by atoms with van der Waals surface area (Å²) < 4.78 is 29.4. The molecule has 1 amide bonds. The van der Waals surface area contributed by atoms with E-state index in [9.17, 15) is 44.1 Å².